The van der Waals surface area contributed by atoms with Crippen LogP contribution < -0.4 is 4.72 Å². The van der Waals surface area contributed by atoms with Gasteiger partial charge in [-0.3, -0.25) is 0 Å². The molecule has 1 atom stereocenters. The fourth-order valence-corrected chi connectivity index (χ4v) is 5.46. The van der Waals surface area contributed by atoms with Gasteiger partial charge >= 0.3 is 0 Å². The van der Waals surface area contributed by atoms with E-state index in [1.54, 1.807) is 12.1 Å². The van der Waals surface area contributed by atoms with Crippen molar-refractivity contribution in [1.82, 2.24) is 4.72 Å². The van der Waals surface area contributed by atoms with Crippen LogP contribution in [-0.4, -0.2) is 34.4 Å². The van der Waals surface area contributed by atoms with Gasteiger partial charge in [0.1, 0.15) is 0 Å². The summed E-state index contributed by atoms with van der Waals surface area (Å²) in [5.74, 6) is -0.0844. The molecule has 1 fully saturated rings. The highest BCUT2D eigenvalue weighted by Crippen LogP contribution is 2.18. The summed E-state index contributed by atoms with van der Waals surface area (Å²) < 4.78 is 49.7. The van der Waals surface area contributed by atoms with E-state index in [0.717, 1.165) is 0 Å². The Labute approximate surface area is 115 Å². The van der Waals surface area contributed by atoms with Crippen LogP contribution in [0.1, 0.15) is 6.42 Å². The van der Waals surface area contributed by atoms with Gasteiger partial charge in [-0.2, -0.15) is 0 Å². The van der Waals surface area contributed by atoms with Crippen LogP contribution in [0.5, 0.6) is 0 Å². The highest BCUT2D eigenvalue weighted by molar-refractivity contribution is 9.10. The summed E-state index contributed by atoms with van der Waals surface area (Å²) in [6, 6.07) is 5.75. The molecule has 1 aliphatic rings. The fraction of sp³-hybridized carbons (Fsp3) is 0.400. The van der Waals surface area contributed by atoms with Crippen molar-refractivity contribution in [1.29, 1.82) is 0 Å². The third kappa shape index (κ3) is 3.31. The number of nitrogens with one attached hydrogen (secondary N) is 1. The molecule has 1 saturated heterocycles. The van der Waals surface area contributed by atoms with E-state index >= 15 is 0 Å². The van der Waals surface area contributed by atoms with Gasteiger partial charge in [0.25, 0.3) is 0 Å². The molecule has 0 bridgehead atoms. The minimum absolute atomic E-state index is 0.0403. The van der Waals surface area contributed by atoms with Crippen molar-refractivity contribution in [3.8, 4) is 0 Å². The highest BCUT2D eigenvalue weighted by atomic mass is 79.9. The van der Waals surface area contributed by atoms with Crippen molar-refractivity contribution in [2.75, 3.05) is 11.5 Å². The Balaban J connectivity index is 2.18. The van der Waals surface area contributed by atoms with Crippen LogP contribution in [-0.2, 0) is 19.9 Å². The van der Waals surface area contributed by atoms with E-state index in [1.165, 1.54) is 12.1 Å². The Bertz CT molecular complexity index is 654. The molecule has 1 aromatic carbocycles. The number of hydrogen-bond donors (Lipinski definition) is 1. The Kier molecular flexibility index (Phi) is 3.82. The maximum Gasteiger partial charge on any atom is 0.240 e. The molecule has 0 aliphatic carbocycles. The van der Waals surface area contributed by atoms with Gasteiger partial charge in [0.15, 0.2) is 9.84 Å². The van der Waals surface area contributed by atoms with Crippen molar-refractivity contribution in [2.24, 2.45) is 0 Å². The van der Waals surface area contributed by atoms with Crippen molar-refractivity contribution < 1.29 is 16.8 Å². The summed E-state index contributed by atoms with van der Waals surface area (Å²) in [6.07, 6.45) is 0.329. The molecule has 1 N–H and O–H groups in total. The van der Waals surface area contributed by atoms with Crippen molar-refractivity contribution in [3.63, 3.8) is 0 Å². The van der Waals surface area contributed by atoms with E-state index < -0.39 is 25.9 Å². The monoisotopic (exact) mass is 353 g/mol. The molecule has 0 spiro atoms. The first-order valence-corrected chi connectivity index (χ1v) is 9.37. The van der Waals surface area contributed by atoms with Crippen LogP contribution in [0.25, 0.3) is 0 Å². The molecule has 0 aromatic heterocycles. The maximum atomic E-state index is 12.0. The maximum absolute atomic E-state index is 12.0. The molecule has 0 radical (unpaired) electrons. The Morgan fingerprint density at radius 2 is 2.06 bits per heavy atom. The molecule has 100 valence electrons. The highest BCUT2D eigenvalue weighted by Gasteiger charge is 2.31. The standard InChI is InChI=1S/C10H12BrNO4S2/c11-8-2-1-3-10(6-8)18(15,16)12-9-4-5-17(13,14)7-9/h1-3,6,9,12H,4-5,7H2/t9-/m1/s1. The molecular weight excluding hydrogens is 342 g/mol. The average molecular weight is 354 g/mol. The number of sulfonamides is 1. The van der Waals surface area contributed by atoms with Crippen LogP contribution in [0, 0.1) is 0 Å². The van der Waals surface area contributed by atoms with Crippen LogP contribution in [0.3, 0.4) is 0 Å². The molecule has 1 aliphatic heterocycles. The lowest BCUT2D eigenvalue weighted by molar-refractivity contribution is 0.562. The molecular formula is C10H12BrNO4S2. The molecule has 1 heterocycles. The van der Waals surface area contributed by atoms with Gasteiger partial charge < -0.3 is 0 Å². The van der Waals surface area contributed by atoms with Gasteiger partial charge in [0.2, 0.25) is 10.0 Å². The Hall–Kier alpha value is -0.440. The van der Waals surface area contributed by atoms with E-state index in [4.69, 9.17) is 0 Å². The third-order valence-electron chi connectivity index (χ3n) is 2.66. The van der Waals surface area contributed by atoms with Crippen LogP contribution in [0.15, 0.2) is 33.6 Å². The lowest BCUT2D eigenvalue weighted by atomic mass is 10.3. The smallest absolute Gasteiger partial charge is 0.229 e. The van der Waals surface area contributed by atoms with E-state index in [0.29, 0.717) is 10.9 Å². The topological polar surface area (TPSA) is 80.3 Å². The molecule has 0 saturated carbocycles. The first-order valence-electron chi connectivity index (χ1n) is 5.27. The summed E-state index contributed by atoms with van der Waals surface area (Å²) in [5.41, 5.74) is 0. The zero-order valence-corrected chi connectivity index (χ0v) is 12.6. The number of halogens is 1. The molecule has 5 nitrogen and oxygen atoms in total. The second-order valence-corrected chi connectivity index (χ2v) is 9.04. The van der Waals surface area contributed by atoms with E-state index in [2.05, 4.69) is 20.7 Å². The zero-order valence-electron chi connectivity index (χ0n) is 9.34. The van der Waals surface area contributed by atoms with Gasteiger partial charge in [-0.25, -0.2) is 21.6 Å². The van der Waals surface area contributed by atoms with Gasteiger partial charge in [-0.05, 0) is 24.6 Å². The van der Waals surface area contributed by atoms with Crippen LogP contribution in [0.2, 0.25) is 0 Å². The number of rotatable bonds is 3. The van der Waals surface area contributed by atoms with Gasteiger partial charge in [0.05, 0.1) is 16.4 Å². The lowest BCUT2D eigenvalue weighted by Gasteiger charge is -2.11. The first kappa shape index (κ1) is 14.0. The SMILES string of the molecule is O=S1(=O)CC[C@@H](NS(=O)(=O)c2cccc(Br)c2)C1. The summed E-state index contributed by atoms with van der Waals surface area (Å²) in [5, 5.41) is 0. The van der Waals surface area contributed by atoms with E-state index in [-0.39, 0.29) is 16.4 Å². The van der Waals surface area contributed by atoms with Gasteiger partial charge in [0, 0.05) is 10.5 Å². The predicted octanol–water partition coefficient (Wildman–Crippen LogP) is 0.914. The molecule has 0 unspecified atom stereocenters. The fourth-order valence-electron chi connectivity index (χ4n) is 1.81. The van der Waals surface area contributed by atoms with Gasteiger partial charge in [-0.1, -0.05) is 22.0 Å². The minimum Gasteiger partial charge on any atom is -0.229 e. The van der Waals surface area contributed by atoms with Crippen LogP contribution in [0.4, 0.5) is 0 Å². The molecule has 8 heteroatoms. The van der Waals surface area contributed by atoms with Crippen LogP contribution >= 0.6 is 15.9 Å². The largest absolute Gasteiger partial charge is 0.240 e. The zero-order chi connectivity index (χ0) is 13.4. The summed E-state index contributed by atoms with van der Waals surface area (Å²) in [6.45, 7) is 0. The lowest BCUT2D eigenvalue weighted by Crippen LogP contribution is -2.35. The molecule has 1 aromatic rings. The van der Waals surface area contributed by atoms with E-state index in [9.17, 15) is 16.8 Å². The number of hydrogen-bond acceptors (Lipinski definition) is 4. The summed E-state index contributed by atoms with van der Waals surface area (Å²) >= 11 is 3.20. The normalized spacial score (nSPS) is 23.1. The molecule has 2 rings (SSSR count). The quantitative estimate of drug-likeness (QED) is 0.875. The van der Waals surface area contributed by atoms with E-state index in [1.807, 2.05) is 0 Å². The second-order valence-electron chi connectivity index (χ2n) is 4.18. The second kappa shape index (κ2) is 4.92. The first-order chi connectivity index (χ1) is 8.28. The number of sulfone groups is 1. The number of benzene rings is 1. The summed E-state index contributed by atoms with van der Waals surface area (Å²) in [7, 11) is -6.76. The summed E-state index contributed by atoms with van der Waals surface area (Å²) in [4.78, 5) is 0.126. The average Bonchev–Trinajstić information content (AvgIpc) is 2.57. The van der Waals surface area contributed by atoms with Crippen molar-refractivity contribution in [2.45, 2.75) is 17.4 Å². The Morgan fingerprint density at radius 1 is 1.33 bits per heavy atom. The predicted molar refractivity (Wildman–Crippen MR) is 71.5 cm³/mol. The molecule has 18 heavy (non-hydrogen) atoms. The third-order valence-corrected chi connectivity index (χ3v) is 6.44. The van der Waals surface area contributed by atoms with Crippen molar-refractivity contribution in [3.05, 3.63) is 28.7 Å². The minimum atomic E-state index is -3.66. The molecule has 0 amide bonds. The Morgan fingerprint density at radius 3 is 2.61 bits per heavy atom. The van der Waals surface area contributed by atoms with Crippen molar-refractivity contribution >= 4 is 35.8 Å². The van der Waals surface area contributed by atoms with Gasteiger partial charge in [-0.15, -0.1) is 0 Å².